The molecule has 9 aromatic rings. The van der Waals surface area contributed by atoms with Gasteiger partial charge < -0.3 is 14.5 Å². The van der Waals surface area contributed by atoms with Crippen molar-refractivity contribution in [3.63, 3.8) is 0 Å². The summed E-state index contributed by atoms with van der Waals surface area (Å²) in [4.78, 5) is 9.99. The van der Waals surface area contributed by atoms with Crippen LogP contribution in [0.4, 0.5) is 22.7 Å². The van der Waals surface area contributed by atoms with Crippen LogP contribution in [0.1, 0.15) is 129 Å². The molecule has 2 aromatic heterocycles. The van der Waals surface area contributed by atoms with Crippen LogP contribution in [0.15, 0.2) is 176 Å². The van der Waals surface area contributed by atoms with E-state index >= 15 is 0 Å². The molecular weight excluding hydrogens is 865 g/mol. The average Bonchev–Trinajstić information content (AvgIpc) is 3.89. The van der Waals surface area contributed by atoms with Gasteiger partial charge in [-0.1, -0.05) is 181 Å². The normalized spacial score (nSPS) is 13.6. The number of hydrogen-bond acceptors (Lipinski definition) is 4. The van der Waals surface area contributed by atoms with E-state index in [2.05, 4.69) is 274 Å². The van der Waals surface area contributed by atoms with E-state index in [0.29, 0.717) is 6.67 Å². The summed E-state index contributed by atoms with van der Waals surface area (Å²) in [7, 11) is 0. The molecule has 0 unspecified atom stereocenters. The molecular formula is C66H70N4O. The van der Waals surface area contributed by atoms with E-state index in [1.165, 1.54) is 61.4 Å². The molecule has 3 heterocycles. The molecule has 0 spiro atoms. The number of nitrogens with zero attached hydrogens (tertiary/aromatic N) is 4. The molecule has 1 aliphatic heterocycles. The molecule has 360 valence electrons. The van der Waals surface area contributed by atoms with Crippen LogP contribution < -0.4 is 14.5 Å². The van der Waals surface area contributed by atoms with Gasteiger partial charge in [-0.2, -0.15) is 0 Å². The summed E-state index contributed by atoms with van der Waals surface area (Å²) < 4.78 is 9.48. The molecule has 1 aliphatic rings. The van der Waals surface area contributed by atoms with Crippen LogP contribution in [0.3, 0.4) is 0 Å². The summed E-state index contributed by atoms with van der Waals surface area (Å²) in [5.41, 5.74) is 14.9. The zero-order valence-corrected chi connectivity index (χ0v) is 44.1. The molecule has 7 aromatic carbocycles. The summed E-state index contributed by atoms with van der Waals surface area (Å²) in [6.45, 7) is 30.6. The molecule has 0 N–H and O–H groups in total. The lowest BCUT2D eigenvalue weighted by Crippen LogP contribution is -2.26. The Morgan fingerprint density at radius 3 is 1.56 bits per heavy atom. The van der Waals surface area contributed by atoms with E-state index in [1.54, 1.807) is 0 Å². The molecule has 5 heteroatoms. The van der Waals surface area contributed by atoms with Gasteiger partial charge in [-0.3, -0.25) is 4.57 Å². The standard InChI is InChI=1S/C66H70N4O/c1-62(2,3)46-32-33-67-61(40-46)70-57-27-21-20-26-55(57)56-30-29-53(42-59(56)70)71-54-38-50(66(12,13)45-24-18-15-19-25-45)37-52(41-54)69-43-68(51-35-48(63(4,5)6)34-49(36-51)64(7,8)9)58-31-28-47(39-60(58)69)65(10,11)44-22-16-14-17-23-44/h14-42H,43H2,1-13H3. The molecule has 0 atom stereocenters. The quantitative estimate of drug-likeness (QED) is 0.144. The number of benzene rings is 7. The summed E-state index contributed by atoms with van der Waals surface area (Å²) in [5, 5.41) is 2.34. The van der Waals surface area contributed by atoms with Gasteiger partial charge in [0.1, 0.15) is 24.0 Å². The molecule has 10 rings (SSSR count). The molecule has 0 bridgehead atoms. The Bertz CT molecular complexity index is 3400. The van der Waals surface area contributed by atoms with Gasteiger partial charge in [-0.15, -0.1) is 0 Å². The molecule has 0 aliphatic carbocycles. The van der Waals surface area contributed by atoms with Gasteiger partial charge in [0.15, 0.2) is 0 Å². The third-order valence-corrected chi connectivity index (χ3v) is 15.2. The number of para-hydroxylation sites is 1. The van der Waals surface area contributed by atoms with E-state index in [4.69, 9.17) is 9.72 Å². The Hall–Kier alpha value is -7.11. The van der Waals surface area contributed by atoms with Crippen molar-refractivity contribution in [1.82, 2.24) is 9.55 Å². The van der Waals surface area contributed by atoms with Crippen LogP contribution in [0.2, 0.25) is 0 Å². The van der Waals surface area contributed by atoms with Gasteiger partial charge >= 0.3 is 0 Å². The number of aromatic nitrogens is 2. The van der Waals surface area contributed by atoms with E-state index < -0.39 is 0 Å². The lowest BCUT2D eigenvalue weighted by molar-refractivity contribution is 0.480. The van der Waals surface area contributed by atoms with Gasteiger partial charge in [-0.25, -0.2) is 4.98 Å². The van der Waals surface area contributed by atoms with Gasteiger partial charge in [0.25, 0.3) is 0 Å². The van der Waals surface area contributed by atoms with Gasteiger partial charge in [0.2, 0.25) is 0 Å². The van der Waals surface area contributed by atoms with Crippen molar-refractivity contribution >= 4 is 44.6 Å². The third-order valence-electron chi connectivity index (χ3n) is 15.2. The Labute approximate surface area is 422 Å². The van der Waals surface area contributed by atoms with Gasteiger partial charge in [-0.05, 0) is 122 Å². The van der Waals surface area contributed by atoms with Crippen LogP contribution in [-0.2, 0) is 27.1 Å². The summed E-state index contributed by atoms with van der Waals surface area (Å²) >= 11 is 0. The van der Waals surface area contributed by atoms with E-state index in [9.17, 15) is 0 Å². The second kappa shape index (κ2) is 17.3. The van der Waals surface area contributed by atoms with Crippen molar-refractivity contribution in [3.8, 4) is 17.3 Å². The molecule has 5 nitrogen and oxygen atoms in total. The van der Waals surface area contributed by atoms with Crippen LogP contribution >= 0.6 is 0 Å². The van der Waals surface area contributed by atoms with E-state index in [0.717, 1.165) is 39.4 Å². The minimum Gasteiger partial charge on any atom is -0.457 e. The first-order valence-corrected chi connectivity index (χ1v) is 25.4. The highest BCUT2D eigenvalue weighted by Gasteiger charge is 2.35. The molecule has 0 radical (unpaired) electrons. The minimum absolute atomic E-state index is 0.0284. The first-order valence-electron chi connectivity index (χ1n) is 25.4. The summed E-state index contributed by atoms with van der Waals surface area (Å²) in [5.74, 6) is 2.43. The second-order valence-electron chi connectivity index (χ2n) is 24.0. The average molecular weight is 935 g/mol. The Morgan fingerprint density at radius 1 is 0.380 bits per heavy atom. The van der Waals surface area contributed by atoms with Crippen molar-refractivity contribution in [3.05, 3.63) is 215 Å². The van der Waals surface area contributed by atoms with Crippen molar-refractivity contribution in [1.29, 1.82) is 0 Å². The number of ether oxygens (including phenoxy) is 1. The lowest BCUT2D eigenvalue weighted by atomic mass is 9.77. The molecule has 0 fully saturated rings. The first kappa shape index (κ1) is 47.6. The van der Waals surface area contributed by atoms with Crippen molar-refractivity contribution in [2.75, 3.05) is 16.5 Å². The molecule has 0 amide bonds. The van der Waals surface area contributed by atoms with Gasteiger partial charge in [0, 0.05) is 51.3 Å². The maximum Gasteiger partial charge on any atom is 0.137 e. The zero-order valence-electron chi connectivity index (χ0n) is 44.1. The van der Waals surface area contributed by atoms with Crippen LogP contribution in [0, 0.1) is 0 Å². The third kappa shape index (κ3) is 8.90. The van der Waals surface area contributed by atoms with Crippen LogP contribution in [0.5, 0.6) is 11.5 Å². The highest BCUT2D eigenvalue weighted by Crippen LogP contribution is 2.50. The maximum atomic E-state index is 7.19. The van der Waals surface area contributed by atoms with Crippen molar-refractivity contribution in [2.24, 2.45) is 0 Å². The predicted octanol–water partition coefficient (Wildman–Crippen LogP) is 17.8. The molecule has 0 saturated carbocycles. The minimum atomic E-state index is -0.350. The van der Waals surface area contributed by atoms with E-state index in [-0.39, 0.29) is 27.1 Å². The zero-order chi connectivity index (χ0) is 50.3. The smallest absolute Gasteiger partial charge is 0.137 e. The van der Waals surface area contributed by atoms with E-state index in [1.807, 2.05) is 6.20 Å². The van der Waals surface area contributed by atoms with Gasteiger partial charge in [0.05, 0.1) is 22.4 Å². The SMILES string of the molecule is CC(C)(C)c1cc(N2CN(c3cc(Oc4ccc5c6ccccc6n(-c6cc(C(C)(C)C)ccn6)c5c4)cc(C(C)(C)c4ccccc4)c3)c3cc(C(C)(C)c4ccccc4)ccc32)cc(C(C)(C)C)c1. The Morgan fingerprint density at radius 2 is 0.930 bits per heavy atom. The fourth-order valence-corrected chi connectivity index (χ4v) is 10.3. The van der Waals surface area contributed by atoms with Crippen LogP contribution in [-0.4, -0.2) is 16.2 Å². The highest BCUT2D eigenvalue weighted by molar-refractivity contribution is 6.09. The lowest BCUT2D eigenvalue weighted by Gasteiger charge is -2.30. The van der Waals surface area contributed by atoms with Crippen LogP contribution in [0.25, 0.3) is 27.6 Å². The number of pyridine rings is 1. The number of fused-ring (bicyclic) bond motifs is 4. The fraction of sp³-hybridized carbons (Fsp3) is 0.288. The number of rotatable bonds is 9. The highest BCUT2D eigenvalue weighted by atomic mass is 16.5. The number of hydrogen-bond donors (Lipinski definition) is 0. The molecule has 0 saturated heterocycles. The first-order chi connectivity index (χ1) is 33.6. The topological polar surface area (TPSA) is 33.5 Å². The largest absolute Gasteiger partial charge is 0.457 e. The fourth-order valence-electron chi connectivity index (χ4n) is 10.3. The monoisotopic (exact) mass is 935 g/mol. The predicted molar refractivity (Wildman–Crippen MR) is 300 cm³/mol. The Balaban J connectivity index is 1.15. The number of anilines is 4. The Kier molecular flexibility index (Phi) is 11.6. The summed E-state index contributed by atoms with van der Waals surface area (Å²) in [6.07, 6.45) is 1.94. The second-order valence-corrected chi connectivity index (χ2v) is 24.0. The molecule has 71 heavy (non-hydrogen) atoms. The van der Waals surface area contributed by atoms with Crippen molar-refractivity contribution in [2.45, 2.75) is 117 Å². The summed E-state index contributed by atoms with van der Waals surface area (Å²) in [6, 6.07) is 62.5. The maximum absolute atomic E-state index is 7.19. The van der Waals surface area contributed by atoms with Crippen molar-refractivity contribution < 1.29 is 4.74 Å².